The topological polar surface area (TPSA) is 49.4 Å². The first kappa shape index (κ1) is 14.3. The molecule has 1 N–H and O–H groups in total. The molecule has 1 aromatic rings. The zero-order chi connectivity index (χ0) is 13.9. The van der Waals surface area contributed by atoms with Gasteiger partial charge in [0, 0.05) is 13.1 Å². The van der Waals surface area contributed by atoms with Gasteiger partial charge in [-0.1, -0.05) is 13.0 Å². The van der Waals surface area contributed by atoms with Crippen molar-refractivity contribution in [3.05, 3.63) is 29.6 Å². The number of fused-ring (bicyclic) bond motifs is 1. The lowest BCUT2D eigenvalue weighted by Gasteiger charge is -2.19. The molecule has 0 fully saturated rings. The summed E-state index contributed by atoms with van der Waals surface area (Å²) in [4.78, 5) is 0. The first-order valence-corrected chi connectivity index (χ1v) is 8.15. The van der Waals surface area contributed by atoms with Gasteiger partial charge in [0.1, 0.15) is 5.82 Å². The number of anilines is 1. The molecule has 0 aliphatic carbocycles. The Balaban J connectivity index is 2.09. The largest absolute Gasteiger partial charge is 0.316 e. The second kappa shape index (κ2) is 5.88. The van der Waals surface area contributed by atoms with Crippen LogP contribution in [0.1, 0.15) is 18.9 Å². The number of hydrogen-bond donors (Lipinski definition) is 1. The number of halogens is 1. The van der Waals surface area contributed by atoms with Crippen LogP contribution in [0.15, 0.2) is 18.2 Å². The fourth-order valence-electron chi connectivity index (χ4n) is 2.23. The van der Waals surface area contributed by atoms with Crippen LogP contribution >= 0.6 is 0 Å². The van der Waals surface area contributed by atoms with Crippen molar-refractivity contribution < 1.29 is 12.8 Å². The van der Waals surface area contributed by atoms with Crippen molar-refractivity contribution in [3.63, 3.8) is 0 Å². The quantitative estimate of drug-likeness (QED) is 0.807. The average molecular weight is 286 g/mol. The van der Waals surface area contributed by atoms with Crippen molar-refractivity contribution in [2.45, 2.75) is 19.8 Å². The molecule has 0 saturated heterocycles. The summed E-state index contributed by atoms with van der Waals surface area (Å²) in [7, 11) is -3.37. The highest BCUT2D eigenvalue weighted by molar-refractivity contribution is 7.92. The number of sulfonamides is 1. The van der Waals surface area contributed by atoms with Crippen molar-refractivity contribution in [2.24, 2.45) is 0 Å². The summed E-state index contributed by atoms with van der Waals surface area (Å²) >= 11 is 0. The lowest BCUT2D eigenvalue weighted by atomic mass is 10.2. The lowest BCUT2D eigenvalue weighted by molar-refractivity contribution is 0.586. The summed E-state index contributed by atoms with van der Waals surface area (Å²) in [5, 5.41) is 3.07. The molecule has 1 aromatic carbocycles. The van der Waals surface area contributed by atoms with E-state index in [0.717, 1.165) is 18.5 Å². The van der Waals surface area contributed by atoms with E-state index < -0.39 is 15.8 Å². The zero-order valence-corrected chi connectivity index (χ0v) is 11.8. The van der Waals surface area contributed by atoms with E-state index in [9.17, 15) is 12.8 Å². The SMILES string of the molecule is CCCNCCS(=O)(=O)N1CCc2ccc(F)cc21. The van der Waals surface area contributed by atoms with Crippen LogP contribution in [0.3, 0.4) is 0 Å². The summed E-state index contributed by atoms with van der Waals surface area (Å²) in [6.07, 6.45) is 1.62. The number of rotatable bonds is 6. The van der Waals surface area contributed by atoms with E-state index in [-0.39, 0.29) is 5.75 Å². The molecule has 2 rings (SSSR count). The van der Waals surface area contributed by atoms with Crippen LogP contribution < -0.4 is 9.62 Å². The van der Waals surface area contributed by atoms with Crippen LogP contribution in [0.5, 0.6) is 0 Å². The number of hydrogen-bond acceptors (Lipinski definition) is 3. The third-order valence-electron chi connectivity index (χ3n) is 3.20. The first-order valence-electron chi connectivity index (χ1n) is 6.54. The van der Waals surface area contributed by atoms with Crippen LogP contribution in [0.4, 0.5) is 10.1 Å². The number of benzene rings is 1. The molecule has 19 heavy (non-hydrogen) atoms. The second-order valence-corrected chi connectivity index (χ2v) is 6.67. The fourth-order valence-corrected chi connectivity index (χ4v) is 3.69. The van der Waals surface area contributed by atoms with Gasteiger partial charge in [-0.05, 0) is 37.1 Å². The predicted octanol–water partition coefficient (Wildman–Crippen LogP) is 1.52. The Labute approximate surface area is 113 Å². The summed E-state index contributed by atoms with van der Waals surface area (Å²) < 4.78 is 39.0. The maximum Gasteiger partial charge on any atom is 0.236 e. The molecule has 0 atom stereocenters. The minimum atomic E-state index is -3.37. The smallest absolute Gasteiger partial charge is 0.236 e. The summed E-state index contributed by atoms with van der Waals surface area (Å²) in [5.41, 5.74) is 1.39. The maximum absolute atomic E-state index is 13.2. The van der Waals surface area contributed by atoms with Crippen molar-refractivity contribution in [2.75, 3.05) is 29.7 Å². The molecular formula is C13H19FN2O2S. The molecule has 106 valence electrons. The van der Waals surface area contributed by atoms with E-state index in [0.29, 0.717) is 25.2 Å². The third kappa shape index (κ3) is 3.25. The molecule has 1 heterocycles. The van der Waals surface area contributed by atoms with Gasteiger partial charge in [0.25, 0.3) is 0 Å². The number of nitrogens with zero attached hydrogens (tertiary/aromatic N) is 1. The van der Waals surface area contributed by atoms with Gasteiger partial charge < -0.3 is 5.32 Å². The van der Waals surface area contributed by atoms with Gasteiger partial charge in [0.15, 0.2) is 0 Å². The third-order valence-corrected chi connectivity index (χ3v) is 4.97. The lowest BCUT2D eigenvalue weighted by Crippen LogP contribution is -2.35. The molecular weight excluding hydrogens is 267 g/mol. The van der Waals surface area contributed by atoms with Crippen LogP contribution in [0.2, 0.25) is 0 Å². The van der Waals surface area contributed by atoms with E-state index in [1.807, 2.05) is 6.92 Å². The molecule has 6 heteroatoms. The Morgan fingerprint density at radius 1 is 1.37 bits per heavy atom. The van der Waals surface area contributed by atoms with Crippen LogP contribution in [-0.2, 0) is 16.4 Å². The van der Waals surface area contributed by atoms with Crippen molar-refractivity contribution in [3.8, 4) is 0 Å². The van der Waals surface area contributed by atoms with Gasteiger partial charge in [-0.15, -0.1) is 0 Å². The van der Waals surface area contributed by atoms with Gasteiger partial charge in [0.2, 0.25) is 10.0 Å². The van der Waals surface area contributed by atoms with Gasteiger partial charge >= 0.3 is 0 Å². The predicted molar refractivity (Wildman–Crippen MR) is 74.4 cm³/mol. The highest BCUT2D eigenvalue weighted by Crippen LogP contribution is 2.30. The van der Waals surface area contributed by atoms with Gasteiger partial charge in [-0.25, -0.2) is 12.8 Å². The van der Waals surface area contributed by atoms with Crippen molar-refractivity contribution >= 4 is 15.7 Å². The van der Waals surface area contributed by atoms with E-state index in [1.54, 1.807) is 6.07 Å². The fraction of sp³-hybridized carbons (Fsp3) is 0.538. The van der Waals surface area contributed by atoms with Crippen molar-refractivity contribution in [1.29, 1.82) is 0 Å². The molecule has 0 amide bonds. The molecule has 4 nitrogen and oxygen atoms in total. The van der Waals surface area contributed by atoms with E-state index in [2.05, 4.69) is 5.32 Å². The van der Waals surface area contributed by atoms with Crippen LogP contribution in [-0.4, -0.2) is 33.8 Å². The second-order valence-electron chi connectivity index (χ2n) is 4.66. The minimum Gasteiger partial charge on any atom is -0.316 e. The summed E-state index contributed by atoms with van der Waals surface area (Å²) in [6.45, 7) is 3.67. The molecule has 1 aliphatic heterocycles. The van der Waals surface area contributed by atoms with Gasteiger partial charge in [0.05, 0.1) is 11.4 Å². The summed E-state index contributed by atoms with van der Waals surface area (Å²) in [6, 6.07) is 4.34. The monoisotopic (exact) mass is 286 g/mol. The van der Waals surface area contributed by atoms with E-state index in [1.165, 1.54) is 16.4 Å². The molecule has 0 saturated carbocycles. The highest BCUT2D eigenvalue weighted by atomic mass is 32.2. The standard InChI is InChI=1S/C13H19FN2O2S/c1-2-6-15-7-9-19(17,18)16-8-5-11-3-4-12(14)10-13(11)16/h3-4,10,15H,2,5-9H2,1H3. The van der Waals surface area contributed by atoms with Crippen molar-refractivity contribution in [1.82, 2.24) is 5.32 Å². The highest BCUT2D eigenvalue weighted by Gasteiger charge is 2.29. The maximum atomic E-state index is 13.2. The number of nitrogens with one attached hydrogen (secondary N) is 1. The normalized spacial score (nSPS) is 14.7. The Bertz CT molecular complexity index is 546. The summed E-state index contributed by atoms with van der Waals surface area (Å²) in [5.74, 6) is -0.354. The molecule has 1 aliphatic rings. The minimum absolute atomic E-state index is 0.0446. The average Bonchev–Trinajstić information content (AvgIpc) is 2.78. The molecule has 0 spiro atoms. The molecule has 0 aromatic heterocycles. The molecule has 0 radical (unpaired) electrons. The first-order chi connectivity index (χ1) is 9.04. The Morgan fingerprint density at radius 3 is 2.89 bits per heavy atom. The van der Waals surface area contributed by atoms with E-state index >= 15 is 0 Å². The Morgan fingerprint density at radius 2 is 2.16 bits per heavy atom. The zero-order valence-electron chi connectivity index (χ0n) is 11.0. The molecule has 0 bridgehead atoms. The Hall–Kier alpha value is -1.14. The van der Waals surface area contributed by atoms with E-state index in [4.69, 9.17) is 0 Å². The van der Waals surface area contributed by atoms with Gasteiger partial charge in [-0.2, -0.15) is 0 Å². The van der Waals surface area contributed by atoms with Crippen LogP contribution in [0.25, 0.3) is 0 Å². The molecule has 0 unspecified atom stereocenters. The Kier molecular flexibility index (Phi) is 4.42. The van der Waals surface area contributed by atoms with Crippen LogP contribution in [0, 0.1) is 5.82 Å². The van der Waals surface area contributed by atoms with Gasteiger partial charge in [-0.3, -0.25) is 4.31 Å².